The van der Waals surface area contributed by atoms with Crippen LogP contribution in [-0.2, 0) is 27.8 Å². The predicted octanol–water partition coefficient (Wildman–Crippen LogP) is 4.01. The minimum absolute atomic E-state index is 0.00832. The topological polar surface area (TPSA) is 84.9 Å². The number of benzene rings is 3. The molecule has 0 fully saturated rings. The van der Waals surface area contributed by atoms with Gasteiger partial charge in [-0.15, -0.1) is 0 Å². The molecule has 0 bridgehead atoms. The molecule has 1 atom stereocenters. The first-order valence-corrected chi connectivity index (χ1v) is 12.9. The third-order valence-corrected chi connectivity index (χ3v) is 8.26. The quantitative estimate of drug-likeness (QED) is 0.512. The van der Waals surface area contributed by atoms with Gasteiger partial charge in [0.1, 0.15) is 11.5 Å². The summed E-state index contributed by atoms with van der Waals surface area (Å²) in [5.74, 6) is 1.05. The first-order chi connectivity index (χ1) is 16.8. The van der Waals surface area contributed by atoms with Crippen LogP contribution in [0.1, 0.15) is 34.7 Å². The normalized spacial score (nSPS) is 15.8. The van der Waals surface area contributed by atoms with Gasteiger partial charge >= 0.3 is 0 Å². The molecule has 0 spiro atoms. The lowest BCUT2D eigenvalue weighted by Crippen LogP contribution is -2.42. The molecule has 1 amide bonds. The standard InChI is InChI=1S/C27H30N2O5S/c1-19-8-11-23(12-9-19)35(31,32)29-15-14-20-6-4-5-7-24(20)25(29)17-27(30)28-18-21-16-22(33-2)10-13-26(21)34-3/h4-13,16,25H,14-15,17-18H2,1-3H3,(H,28,30)/t25-/m1/s1. The highest BCUT2D eigenvalue weighted by Crippen LogP contribution is 2.36. The molecule has 4 rings (SSSR count). The van der Waals surface area contributed by atoms with Crippen molar-refractivity contribution in [3.8, 4) is 11.5 Å². The molecule has 184 valence electrons. The Morgan fingerprint density at radius 1 is 1.03 bits per heavy atom. The number of methoxy groups -OCH3 is 2. The van der Waals surface area contributed by atoms with E-state index in [0.717, 1.165) is 22.3 Å². The highest BCUT2D eigenvalue weighted by molar-refractivity contribution is 7.89. The van der Waals surface area contributed by atoms with Crippen LogP contribution in [0.3, 0.4) is 0 Å². The fourth-order valence-corrected chi connectivity index (χ4v) is 6.04. The second kappa shape index (κ2) is 10.5. The Kier molecular flexibility index (Phi) is 7.42. The van der Waals surface area contributed by atoms with Crippen LogP contribution >= 0.6 is 0 Å². The van der Waals surface area contributed by atoms with Gasteiger partial charge < -0.3 is 14.8 Å². The van der Waals surface area contributed by atoms with Gasteiger partial charge in [0.05, 0.1) is 25.2 Å². The van der Waals surface area contributed by atoms with Gasteiger partial charge in [-0.25, -0.2) is 8.42 Å². The van der Waals surface area contributed by atoms with Crippen LogP contribution in [0.5, 0.6) is 11.5 Å². The van der Waals surface area contributed by atoms with Crippen LogP contribution in [0.2, 0.25) is 0 Å². The van der Waals surface area contributed by atoms with Gasteiger partial charge in [0.25, 0.3) is 0 Å². The largest absolute Gasteiger partial charge is 0.497 e. The zero-order valence-corrected chi connectivity index (χ0v) is 21.0. The lowest BCUT2D eigenvalue weighted by atomic mass is 9.92. The molecule has 7 nitrogen and oxygen atoms in total. The Balaban J connectivity index is 1.58. The lowest BCUT2D eigenvalue weighted by molar-refractivity contribution is -0.122. The van der Waals surface area contributed by atoms with E-state index in [0.29, 0.717) is 24.5 Å². The van der Waals surface area contributed by atoms with E-state index in [1.165, 1.54) is 4.31 Å². The first-order valence-electron chi connectivity index (χ1n) is 11.5. The number of nitrogens with zero attached hydrogens (tertiary/aromatic N) is 1. The molecule has 8 heteroatoms. The van der Waals surface area contributed by atoms with E-state index in [1.807, 2.05) is 37.3 Å². The number of hydrogen-bond acceptors (Lipinski definition) is 5. The third kappa shape index (κ3) is 5.33. The van der Waals surface area contributed by atoms with E-state index in [1.54, 1.807) is 50.6 Å². The second-order valence-electron chi connectivity index (χ2n) is 8.55. The molecule has 0 aliphatic carbocycles. The summed E-state index contributed by atoms with van der Waals surface area (Å²) in [6, 6.07) is 19.3. The molecule has 1 heterocycles. The summed E-state index contributed by atoms with van der Waals surface area (Å²) in [6.45, 7) is 2.46. The number of amides is 1. The van der Waals surface area contributed by atoms with Gasteiger partial charge in [-0.3, -0.25) is 4.79 Å². The Morgan fingerprint density at radius 2 is 1.77 bits per heavy atom. The van der Waals surface area contributed by atoms with Crippen molar-refractivity contribution in [2.75, 3.05) is 20.8 Å². The zero-order valence-electron chi connectivity index (χ0n) is 20.2. The summed E-state index contributed by atoms with van der Waals surface area (Å²) in [4.78, 5) is 13.3. The van der Waals surface area contributed by atoms with E-state index < -0.39 is 16.1 Å². The molecule has 3 aromatic rings. The summed E-state index contributed by atoms with van der Waals surface area (Å²) in [6.07, 6.45) is 0.606. The van der Waals surface area contributed by atoms with E-state index in [4.69, 9.17) is 9.47 Å². The van der Waals surface area contributed by atoms with E-state index >= 15 is 0 Å². The van der Waals surface area contributed by atoms with Crippen LogP contribution in [0.15, 0.2) is 71.6 Å². The maximum absolute atomic E-state index is 13.6. The van der Waals surface area contributed by atoms with Crippen molar-refractivity contribution in [3.05, 3.63) is 89.0 Å². The van der Waals surface area contributed by atoms with E-state index in [9.17, 15) is 13.2 Å². The van der Waals surface area contributed by atoms with Crippen LogP contribution in [0, 0.1) is 6.92 Å². The molecule has 0 saturated carbocycles. The summed E-state index contributed by atoms with van der Waals surface area (Å²) < 4.78 is 39.3. The molecule has 1 aliphatic rings. The van der Waals surface area contributed by atoms with Crippen molar-refractivity contribution < 1.29 is 22.7 Å². The third-order valence-electron chi connectivity index (χ3n) is 6.33. The van der Waals surface area contributed by atoms with Crippen LogP contribution < -0.4 is 14.8 Å². The van der Waals surface area contributed by atoms with Crippen molar-refractivity contribution in [3.63, 3.8) is 0 Å². The highest BCUT2D eigenvalue weighted by atomic mass is 32.2. The van der Waals surface area contributed by atoms with Crippen molar-refractivity contribution in [2.45, 2.75) is 37.2 Å². The number of sulfonamides is 1. The van der Waals surface area contributed by atoms with Gasteiger partial charge in [0, 0.05) is 25.1 Å². The molecule has 0 radical (unpaired) electrons. The smallest absolute Gasteiger partial charge is 0.243 e. The number of hydrogen-bond donors (Lipinski definition) is 1. The molecular formula is C27H30N2O5S. The summed E-state index contributed by atoms with van der Waals surface area (Å²) >= 11 is 0. The molecule has 1 N–H and O–H groups in total. The number of carbonyl (C=O) groups excluding carboxylic acids is 1. The number of carbonyl (C=O) groups is 1. The van der Waals surface area contributed by atoms with Gasteiger partial charge in [0.15, 0.2) is 0 Å². The SMILES string of the molecule is COc1ccc(OC)c(CNC(=O)C[C@@H]2c3ccccc3CCN2S(=O)(=O)c2ccc(C)cc2)c1. The van der Waals surface area contributed by atoms with Gasteiger partial charge in [0.2, 0.25) is 15.9 Å². The van der Waals surface area contributed by atoms with Gasteiger partial charge in [-0.05, 0) is 54.8 Å². The molecule has 35 heavy (non-hydrogen) atoms. The maximum atomic E-state index is 13.6. The number of aryl methyl sites for hydroxylation is 1. The Hall–Kier alpha value is -3.36. The van der Waals surface area contributed by atoms with Crippen LogP contribution in [0.4, 0.5) is 0 Å². The minimum atomic E-state index is -3.79. The number of nitrogens with one attached hydrogen (secondary N) is 1. The molecular weight excluding hydrogens is 464 g/mol. The second-order valence-corrected chi connectivity index (χ2v) is 10.4. The lowest BCUT2D eigenvalue weighted by Gasteiger charge is -2.36. The monoisotopic (exact) mass is 494 g/mol. The summed E-state index contributed by atoms with van der Waals surface area (Å²) in [5.41, 5.74) is 3.68. The molecule has 0 saturated heterocycles. The fraction of sp³-hybridized carbons (Fsp3) is 0.296. The van der Waals surface area contributed by atoms with E-state index in [-0.39, 0.29) is 23.8 Å². The van der Waals surface area contributed by atoms with Crippen LogP contribution in [-0.4, -0.2) is 39.4 Å². The first kappa shape index (κ1) is 24.8. The molecule has 1 aliphatic heterocycles. The number of fused-ring (bicyclic) bond motifs is 1. The van der Waals surface area contributed by atoms with Crippen molar-refractivity contribution >= 4 is 15.9 Å². The molecule has 0 aromatic heterocycles. The predicted molar refractivity (Wildman–Crippen MR) is 134 cm³/mol. The Bertz CT molecular complexity index is 1310. The Morgan fingerprint density at radius 3 is 2.49 bits per heavy atom. The van der Waals surface area contributed by atoms with Crippen LogP contribution in [0.25, 0.3) is 0 Å². The van der Waals surface area contributed by atoms with Crippen molar-refractivity contribution in [2.24, 2.45) is 0 Å². The number of rotatable bonds is 8. The molecule has 0 unspecified atom stereocenters. The van der Waals surface area contributed by atoms with Crippen molar-refractivity contribution in [1.29, 1.82) is 0 Å². The van der Waals surface area contributed by atoms with E-state index in [2.05, 4.69) is 5.32 Å². The van der Waals surface area contributed by atoms with Gasteiger partial charge in [-0.1, -0.05) is 42.0 Å². The zero-order chi connectivity index (χ0) is 25.0. The summed E-state index contributed by atoms with van der Waals surface area (Å²) in [5, 5.41) is 2.93. The number of ether oxygens (including phenoxy) is 2. The average Bonchev–Trinajstić information content (AvgIpc) is 2.87. The minimum Gasteiger partial charge on any atom is -0.497 e. The highest BCUT2D eigenvalue weighted by Gasteiger charge is 2.37. The Labute approximate surface area is 206 Å². The van der Waals surface area contributed by atoms with Gasteiger partial charge in [-0.2, -0.15) is 4.31 Å². The maximum Gasteiger partial charge on any atom is 0.243 e. The molecule has 3 aromatic carbocycles. The average molecular weight is 495 g/mol. The fourth-order valence-electron chi connectivity index (χ4n) is 4.44. The van der Waals surface area contributed by atoms with Crippen molar-refractivity contribution in [1.82, 2.24) is 9.62 Å². The summed E-state index contributed by atoms with van der Waals surface area (Å²) in [7, 11) is -0.640.